The van der Waals surface area contributed by atoms with Crippen LogP contribution in [0, 0.1) is 11.8 Å². The third-order valence-electron chi connectivity index (χ3n) is 3.04. The fourth-order valence-electron chi connectivity index (χ4n) is 1.96. The first-order chi connectivity index (χ1) is 7.47. The third-order valence-corrected chi connectivity index (χ3v) is 3.04. The lowest BCUT2D eigenvalue weighted by Crippen LogP contribution is -2.25. The Kier molecular flexibility index (Phi) is 8.96. The summed E-state index contributed by atoms with van der Waals surface area (Å²) >= 11 is 0. The molecular weight excluding hydrogens is 200 g/mol. The van der Waals surface area contributed by atoms with Crippen LogP contribution in [0.15, 0.2) is 0 Å². The topological polar surface area (TPSA) is 29.5 Å². The molecule has 98 valence electrons. The van der Waals surface area contributed by atoms with Gasteiger partial charge < -0.3 is 9.84 Å². The lowest BCUT2D eigenvalue weighted by atomic mass is 9.90. The van der Waals surface area contributed by atoms with Crippen molar-refractivity contribution in [3.8, 4) is 0 Å². The predicted molar refractivity (Wildman–Crippen MR) is 69.6 cm³/mol. The first kappa shape index (κ1) is 15.9. The Bertz CT molecular complexity index is 155. The second-order valence-electron chi connectivity index (χ2n) is 5.41. The van der Waals surface area contributed by atoms with Crippen molar-refractivity contribution in [2.24, 2.45) is 11.8 Å². The molecule has 3 unspecified atom stereocenters. The average Bonchev–Trinajstić information content (AvgIpc) is 2.20. The van der Waals surface area contributed by atoms with E-state index in [0.717, 1.165) is 5.92 Å². The molecule has 0 aliphatic heterocycles. The molecule has 0 heterocycles. The maximum absolute atomic E-state index is 9.21. The Morgan fingerprint density at radius 2 is 1.62 bits per heavy atom. The highest BCUT2D eigenvalue weighted by Crippen LogP contribution is 2.22. The molecule has 0 rings (SSSR count). The van der Waals surface area contributed by atoms with Crippen molar-refractivity contribution in [3.63, 3.8) is 0 Å². The molecule has 2 heteroatoms. The van der Waals surface area contributed by atoms with Gasteiger partial charge in [-0.2, -0.15) is 0 Å². The van der Waals surface area contributed by atoms with Crippen LogP contribution in [0.2, 0.25) is 0 Å². The van der Waals surface area contributed by atoms with Gasteiger partial charge in [0, 0.05) is 0 Å². The van der Waals surface area contributed by atoms with Crippen LogP contribution in [-0.4, -0.2) is 23.9 Å². The van der Waals surface area contributed by atoms with E-state index in [1.165, 1.54) is 25.7 Å². The van der Waals surface area contributed by atoms with E-state index in [2.05, 4.69) is 27.7 Å². The molecule has 0 saturated heterocycles. The van der Waals surface area contributed by atoms with E-state index in [9.17, 15) is 5.11 Å². The van der Waals surface area contributed by atoms with Crippen molar-refractivity contribution < 1.29 is 9.84 Å². The number of aliphatic hydroxyl groups excluding tert-OH is 1. The molecule has 0 aliphatic rings. The summed E-state index contributed by atoms with van der Waals surface area (Å²) < 4.78 is 5.70. The normalized spacial score (nSPS) is 17.4. The maximum Gasteiger partial charge on any atom is 0.0745 e. The molecule has 0 aromatic carbocycles. The summed E-state index contributed by atoms with van der Waals surface area (Å²) in [5.74, 6) is 1.41. The van der Waals surface area contributed by atoms with Crippen molar-refractivity contribution in [1.29, 1.82) is 0 Å². The molecule has 0 radical (unpaired) electrons. The van der Waals surface area contributed by atoms with Gasteiger partial charge in [0.1, 0.15) is 0 Å². The first-order valence-corrected chi connectivity index (χ1v) is 6.77. The number of ether oxygens (including phenoxy) is 1. The molecule has 0 aromatic rings. The molecule has 0 spiro atoms. The second-order valence-corrected chi connectivity index (χ2v) is 5.41. The molecule has 0 aromatic heterocycles. The predicted octanol–water partition coefficient (Wildman–Crippen LogP) is 3.62. The van der Waals surface area contributed by atoms with Gasteiger partial charge in [0.05, 0.1) is 18.8 Å². The monoisotopic (exact) mass is 230 g/mol. The Labute approximate surface area is 101 Å². The molecule has 16 heavy (non-hydrogen) atoms. The Hall–Kier alpha value is -0.0800. The molecule has 0 fully saturated rings. The van der Waals surface area contributed by atoms with Crippen molar-refractivity contribution in [1.82, 2.24) is 0 Å². The van der Waals surface area contributed by atoms with Crippen LogP contribution in [0.5, 0.6) is 0 Å². The average molecular weight is 230 g/mol. The van der Waals surface area contributed by atoms with Crippen LogP contribution in [0.1, 0.15) is 60.3 Å². The fraction of sp³-hybridized carbons (Fsp3) is 1.00. The zero-order valence-corrected chi connectivity index (χ0v) is 11.7. The number of hydrogen-bond donors (Lipinski definition) is 1. The largest absolute Gasteiger partial charge is 0.391 e. The standard InChI is InChI=1S/C14H30O2/c1-6-7-14(9-8-11(2)3)13(5)16-10-12(4)15/h11-15H,6-10H2,1-5H3. The van der Waals surface area contributed by atoms with Gasteiger partial charge in [-0.15, -0.1) is 0 Å². The maximum atomic E-state index is 9.21. The van der Waals surface area contributed by atoms with Crippen LogP contribution in [0.3, 0.4) is 0 Å². The van der Waals surface area contributed by atoms with E-state index in [1.54, 1.807) is 6.92 Å². The summed E-state index contributed by atoms with van der Waals surface area (Å²) in [5.41, 5.74) is 0. The summed E-state index contributed by atoms with van der Waals surface area (Å²) in [5, 5.41) is 9.21. The zero-order chi connectivity index (χ0) is 12.6. The van der Waals surface area contributed by atoms with Gasteiger partial charge in [-0.25, -0.2) is 0 Å². The lowest BCUT2D eigenvalue weighted by Gasteiger charge is -2.25. The molecule has 0 saturated carbocycles. The molecule has 3 atom stereocenters. The summed E-state index contributed by atoms with van der Waals surface area (Å²) in [4.78, 5) is 0. The molecule has 0 amide bonds. The third kappa shape index (κ3) is 8.12. The van der Waals surface area contributed by atoms with Gasteiger partial charge in [0.15, 0.2) is 0 Å². The summed E-state index contributed by atoms with van der Waals surface area (Å²) in [6.07, 6.45) is 4.88. The quantitative estimate of drug-likeness (QED) is 0.655. The van der Waals surface area contributed by atoms with Gasteiger partial charge >= 0.3 is 0 Å². The van der Waals surface area contributed by atoms with E-state index < -0.39 is 0 Å². The minimum Gasteiger partial charge on any atom is -0.391 e. The highest BCUT2D eigenvalue weighted by molar-refractivity contribution is 4.68. The van der Waals surface area contributed by atoms with E-state index >= 15 is 0 Å². The van der Waals surface area contributed by atoms with Crippen molar-refractivity contribution in [2.75, 3.05) is 6.61 Å². The summed E-state index contributed by atoms with van der Waals surface area (Å²) in [6.45, 7) is 11.1. The first-order valence-electron chi connectivity index (χ1n) is 6.77. The molecule has 0 aliphatic carbocycles. The fourth-order valence-corrected chi connectivity index (χ4v) is 1.96. The summed E-state index contributed by atoms with van der Waals surface area (Å²) in [6, 6.07) is 0. The minimum absolute atomic E-state index is 0.272. The van der Waals surface area contributed by atoms with Crippen molar-refractivity contribution >= 4 is 0 Å². The van der Waals surface area contributed by atoms with Gasteiger partial charge in [-0.3, -0.25) is 0 Å². The second kappa shape index (κ2) is 9.00. The SMILES string of the molecule is CCCC(CCC(C)C)C(C)OCC(C)O. The smallest absolute Gasteiger partial charge is 0.0745 e. The van der Waals surface area contributed by atoms with Gasteiger partial charge in [0.2, 0.25) is 0 Å². The van der Waals surface area contributed by atoms with Crippen molar-refractivity contribution in [2.45, 2.75) is 72.5 Å². The van der Waals surface area contributed by atoms with E-state index in [1.807, 2.05) is 0 Å². The highest BCUT2D eigenvalue weighted by atomic mass is 16.5. The summed E-state index contributed by atoms with van der Waals surface area (Å²) in [7, 11) is 0. The van der Waals surface area contributed by atoms with Crippen LogP contribution < -0.4 is 0 Å². The van der Waals surface area contributed by atoms with Crippen molar-refractivity contribution in [3.05, 3.63) is 0 Å². The zero-order valence-electron chi connectivity index (χ0n) is 11.7. The Morgan fingerprint density at radius 1 is 1.00 bits per heavy atom. The molecule has 1 N–H and O–H groups in total. The molecular formula is C14H30O2. The molecule has 0 bridgehead atoms. The number of hydrogen-bond acceptors (Lipinski definition) is 2. The number of rotatable bonds is 9. The number of aliphatic hydroxyl groups is 1. The van der Waals surface area contributed by atoms with E-state index in [4.69, 9.17) is 4.74 Å². The lowest BCUT2D eigenvalue weighted by molar-refractivity contribution is -0.0250. The van der Waals surface area contributed by atoms with Crippen LogP contribution in [-0.2, 0) is 4.74 Å². The van der Waals surface area contributed by atoms with E-state index in [0.29, 0.717) is 12.5 Å². The minimum atomic E-state index is -0.352. The Morgan fingerprint density at radius 3 is 2.06 bits per heavy atom. The van der Waals surface area contributed by atoms with Gasteiger partial charge in [-0.1, -0.05) is 33.6 Å². The van der Waals surface area contributed by atoms with Crippen LogP contribution >= 0.6 is 0 Å². The van der Waals surface area contributed by atoms with Gasteiger partial charge in [-0.05, 0) is 38.5 Å². The van der Waals surface area contributed by atoms with Crippen LogP contribution in [0.25, 0.3) is 0 Å². The van der Waals surface area contributed by atoms with Crippen LogP contribution in [0.4, 0.5) is 0 Å². The molecule has 2 nitrogen and oxygen atoms in total. The van der Waals surface area contributed by atoms with E-state index in [-0.39, 0.29) is 12.2 Å². The Balaban J connectivity index is 3.96. The van der Waals surface area contributed by atoms with Gasteiger partial charge in [0.25, 0.3) is 0 Å². The highest BCUT2D eigenvalue weighted by Gasteiger charge is 2.17.